The molecule has 0 aromatic heterocycles. The van der Waals surface area contributed by atoms with Crippen LogP contribution in [0.3, 0.4) is 0 Å². The summed E-state index contributed by atoms with van der Waals surface area (Å²) in [7, 11) is 0. The molecule has 0 unspecified atom stereocenters. The Kier molecular flexibility index (Phi) is 4.22. The third-order valence-electron chi connectivity index (χ3n) is 2.64. The van der Waals surface area contributed by atoms with Crippen LogP contribution in [0.4, 0.5) is 17.6 Å². The maximum absolute atomic E-state index is 12.8. The summed E-state index contributed by atoms with van der Waals surface area (Å²) in [5, 5.41) is 7.28. The number of hydrogen-bond donors (Lipinski definition) is 2. The van der Waals surface area contributed by atoms with Gasteiger partial charge in [0.05, 0.1) is 5.56 Å². The van der Waals surface area contributed by atoms with E-state index in [4.69, 9.17) is 11.1 Å². The third kappa shape index (κ3) is 3.75. The molecule has 0 aliphatic heterocycles. The molecule has 110 valence electrons. The van der Waals surface area contributed by atoms with Crippen molar-refractivity contribution in [3.05, 3.63) is 59.4 Å². The van der Waals surface area contributed by atoms with E-state index in [0.29, 0.717) is 9.79 Å². The molecule has 2 rings (SSSR count). The van der Waals surface area contributed by atoms with E-state index >= 15 is 0 Å². The van der Waals surface area contributed by atoms with E-state index in [1.54, 1.807) is 0 Å². The molecule has 0 fully saturated rings. The number of benzene rings is 2. The van der Waals surface area contributed by atoms with Gasteiger partial charge < -0.3 is 5.73 Å². The standard InChI is InChI=1S/C14H10F4N2S/c15-8-1-3-9(4-2-8)21-10-5-6-12(14(16,17)18)11(7-10)13(19)20/h1-7H,(H3,19,20). The Hall–Kier alpha value is -2.02. The fourth-order valence-corrected chi connectivity index (χ4v) is 2.55. The largest absolute Gasteiger partial charge is 0.417 e. The first-order chi connectivity index (χ1) is 9.77. The molecule has 0 amide bonds. The molecule has 0 heterocycles. The number of nitrogens with one attached hydrogen (secondary N) is 1. The summed E-state index contributed by atoms with van der Waals surface area (Å²) < 4.78 is 51.2. The van der Waals surface area contributed by atoms with Crippen LogP contribution >= 0.6 is 11.8 Å². The Bertz CT molecular complexity index is 666. The fraction of sp³-hybridized carbons (Fsp3) is 0.0714. The molecule has 0 aliphatic carbocycles. The summed E-state index contributed by atoms with van der Waals surface area (Å²) in [5.41, 5.74) is 3.91. The van der Waals surface area contributed by atoms with E-state index in [0.717, 1.165) is 17.8 Å². The highest BCUT2D eigenvalue weighted by Crippen LogP contribution is 2.35. The van der Waals surface area contributed by atoms with E-state index in [9.17, 15) is 17.6 Å². The van der Waals surface area contributed by atoms with Gasteiger partial charge in [0.15, 0.2) is 0 Å². The number of halogens is 4. The number of amidine groups is 1. The Morgan fingerprint density at radius 3 is 2.10 bits per heavy atom. The molecule has 0 saturated carbocycles. The number of nitrogen functional groups attached to an aromatic ring is 1. The monoisotopic (exact) mass is 314 g/mol. The van der Waals surface area contributed by atoms with Crippen LogP contribution in [0.5, 0.6) is 0 Å². The summed E-state index contributed by atoms with van der Waals surface area (Å²) in [6, 6.07) is 8.96. The summed E-state index contributed by atoms with van der Waals surface area (Å²) >= 11 is 1.16. The van der Waals surface area contributed by atoms with Crippen LogP contribution in [0.1, 0.15) is 11.1 Å². The highest BCUT2D eigenvalue weighted by Gasteiger charge is 2.34. The lowest BCUT2D eigenvalue weighted by Crippen LogP contribution is -2.18. The Balaban J connectivity index is 2.36. The maximum Gasteiger partial charge on any atom is 0.417 e. The minimum Gasteiger partial charge on any atom is -0.384 e. The van der Waals surface area contributed by atoms with Gasteiger partial charge in [0.2, 0.25) is 0 Å². The van der Waals surface area contributed by atoms with E-state index in [-0.39, 0.29) is 5.56 Å². The second kappa shape index (κ2) is 5.77. The quantitative estimate of drug-likeness (QED) is 0.505. The zero-order valence-corrected chi connectivity index (χ0v) is 11.4. The van der Waals surface area contributed by atoms with Gasteiger partial charge in [0, 0.05) is 15.4 Å². The molecule has 0 spiro atoms. The van der Waals surface area contributed by atoms with Crippen molar-refractivity contribution in [2.75, 3.05) is 0 Å². The van der Waals surface area contributed by atoms with Crippen molar-refractivity contribution < 1.29 is 17.6 Å². The summed E-state index contributed by atoms with van der Waals surface area (Å²) in [5.74, 6) is -1.04. The Morgan fingerprint density at radius 2 is 1.57 bits per heavy atom. The van der Waals surface area contributed by atoms with E-state index in [1.165, 1.54) is 36.4 Å². The van der Waals surface area contributed by atoms with Gasteiger partial charge in [-0.05, 0) is 42.5 Å². The van der Waals surface area contributed by atoms with Gasteiger partial charge in [-0.2, -0.15) is 13.2 Å². The number of nitrogens with two attached hydrogens (primary N) is 1. The van der Waals surface area contributed by atoms with E-state index in [1.807, 2.05) is 0 Å². The average Bonchev–Trinajstić information content (AvgIpc) is 2.40. The molecule has 2 nitrogen and oxygen atoms in total. The number of hydrogen-bond acceptors (Lipinski definition) is 2. The van der Waals surface area contributed by atoms with Gasteiger partial charge in [-0.25, -0.2) is 4.39 Å². The van der Waals surface area contributed by atoms with Gasteiger partial charge in [-0.1, -0.05) is 11.8 Å². The van der Waals surface area contributed by atoms with Crippen molar-refractivity contribution in [2.45, 2.75) is 16.0 Å². The van der Waals surface area contributed by atoms with Crippen molar-refractivity contribution in [3.63, 3.8) is 0 Å². The lowest BCUT2D eigenvalue weighted by molar-refractivity contribution is -0.137. The van der Waals surface area contributed by atoms with Gasteiger partial charge in [0.25, 0.3) is 0 Å². The molecular weight excluding hydrogens is 304 g/mol. The summed E-state index contributed by atoms with van der Waals surface area (Å²) in [6.45, 7) is 0. The number of alkyl halides is 3. The first kappa shape index (κ1) is 15.4. The van der Waals surface area contributed by atoms with Crippen molar-refractivity contribution in [1.29, 1.82) is 5.41 Å². The van der Waals surface area contributed by atoms with Crippen LogP contribution < -0.4 is 5.73 Å². The SMILES string of the molecule is N=C(N)c1cc(Sc2ccc(F)cc2)ccc1C(F)(F)F. The van der Waals surface area contributed by atoms with Crippen molar-refractivity contribution in [1.82, 2.24) is 0 Å². The van der Waals surface area contributed by atoms with E-state index in [2.05, 4.69) is 0 Å². The van der Waals surface area contributed by atoms with Gasteiger partial charge in [-0.3, -0.25) is 5.41 Å². The van der Waals surface area contributed by atoms with Crippen LogP contribution in [-0.2, 0) is 6.18 Å². The lowest BCUT2D eigenvalue weighted by Gasteiger charge is -2.13. The molecule has 2 aromatic carbocycles. The second-order valence-electron chi connectivity index (χ2n) is 4.17. The third-order valence-corrected chi connectivity index (χ3v) is 3.63. The van der Waals surface area contributed by atoms with Crippen LogP contribution in [0.15, 0.2) is 52.3 Å². The molecule has 0 aliphatic rings. The van der Waals surface area contributed by atoms with Crippen molar-refractivity contribution >= 4 is 17.6 Å². The highest BCUT2D eigenvalue weighted by atomic mass is 32.2. The maximum atomic E-state index is 12.8. The van der Waals surface area contributed by atoms with Crippen molar-refractivity contribution in [2.24, 2.45) is 5.73 Å². The Morgan fingerprint density at radius 1 is 1.00 bits per heavy atom. The minimum absolute atomic E-state index is 0.366. The van der Waals surface area contributed by atoms with Crippen molar-refractivity contribution in [3.8, 4) is 0 Å². The zero-order valence-electron chi connectivity index (χ0n) is 10.5. The van der Waals surface area contributed by atoms with E-state index < -0.39 is 23.4 Å². The first-order valence-electron chi connectivity index (χ1n) is 5.76. The normalized spacial score (nSPS) is 11.4. The van der Waals surface area contributed by atoms with Crippen LogP contribution in [0, 0.1) is 11.2 Å². The van der Waals surface area contributed by atoms with Gasteiger partial charge in [-0.15, -0.1) is 0 Å². The molecular formula is C14H10F4N2S. The van der Waals surface area contributed by atoms with Crippen LogP contribution in [0.2, 0.25) is 0 Å². The molecule has 3 N–H and O–H groups in total. The zero-order chi connectivity index (χ0) is 15.6. The predicted molar refractivity (Wildman–Crippen MR) is 73.0 cm³/mol. The smallest absolute Gasteiger partial charge is 0.384 e. The van der Waals surface area contributed by atoms with Crippen LogP contribution in [0.25, 0.3) is 0 Å². The molecule has 0 saturated heterocycles. The molecule has 0 radical (unpaired) electrons. The highest BCUT2D eigenvalue weighted by molar-refractivity contribution is 7.99. The topological polar surface area (TPSA) is 49.9 Å². The molecule has 21 heavy (non-hydrogen) atoms. The fourth-order valence-electron chi connectivity index (χ4n) is 1.70. The molecule has 0 atom stereocenters. The van der Waals surface area contributed by atoms with Gasteiger partial charge in [0.1, 0.15) is 11.7 Å². The molecule has 7 heteroatoms. The Labute approximate surface area is 122 Å². The summed E-state index contributed by atoms with van der Waals surface area (Å²) in [4.78, 5) is 1.16. The molecule has 0 bridgehead atoms. The molecule has 2 aromatic rings. The first-order valence-corrected chi connectivity index (χ1v) is 6.58. The summed E-state index contributed by atoms with van der Waals surface area (Å²) in [6.07, 6.45) is -4.57. The predicted octanol–water partition coefficient (Wildman–Crippen LogP) is 4.28. The minimum atomic E-state index is -4.57. The lowest BCUT2D eigenvalue weighted by atomic mass is 10.1. The average molecular weight is 314 g/mol. The van der Waals surface area contributed by atoms with Gasteiger partial charge >= 0.3 is 6.18 Å². The number of rotatable bonds is 3. The van der Waals surface area contributed by atoms with Crippen LogP contribution in [-0.4, -0.2) is 5.84 Å². The second-order valence-corrected chi connectivity index (χ2v) is 5.32.